The van der Waals surface area contributed by atoms with E-state index in [0.29, 0.717) is 12.1 Å². The summed E-state index contributed by atoms with van der Waals surface area (Å²) >= 11 is 0. The first-order chi connectivity index (χ1) is 9.43. The van der Waals surface area contributed by atoms with Crippen LogP contribution in [0.2, 0.25) is 0 Å². The van der Waals surface area contributed by atoms with Crippen molar-refractivity contribution in [2.24, 2.45) is 34.0 Å². The summed E-state index contributed by atoms with van der Waals surface area (Å²) in [6.07, 6.45) is 7.49. The summed E-state index contributed by atoms with van der Waals surface area (Å²) in [6, 6.07) is 11.5. The highest BCUT2D eigenvalue weighted by atomic mass is 15.6. The Balaban J connectivity index is 1.53. The van der Waals surface area contributed by atoms with Crippen LogP contribution >= 0.6 is 0 Å². The Kier molecular flexibility index (Phi) is 1.86. The molecule has 1 heterocycles. The minimum Gasteiger partial charge on any atom is -0.242 e. The molecule has 3 aliphatic carbocycles. The molecule has 0 radical (unpaired) electrons. The van der Waals surface area contributed by atoms with E-state index in [9.17, 15) is 0 Å². The molecule has 0 unspecified atom stereocenters. The molecule has 0 saturated heterocycles. The van der Waals surface area contributed by atoms with Gasteiger partial charge in [0.15, 0.2) is 0 Å². The predicted octanol–water partition coefficient (Wildman–Crippen LogP) is 3.45. The summed E-state index contributed by atoms with van der Waals surface area (Å²) in [5, 5.41) is 11.3. The van der Waals surface area contributed by atoms with Gasteiger partial charge in [-0.3, -0.25) is 0 Å². The average molecular weight is 251 g/mol. The van der Waals surface area contributed by atoms with Crippen LogP contribution in [-0.4, -0.2) is 12.1 Å². The van der Waals surface area contributed by atoms with Crippen molar-refractivity contribution in [2.45, 2.75) is 24.9 Å². The molecule has 0 N–H and O–H groups in total. The molecular formula is C16H17N3. The number of rotatable bonds is 1. The van der Waals surface area contributed by atoms with E-state index in [-0.39, 0.29) is 0 Å². The molecule has 19 heavy (non-hydrogen) atoms. The number of anilines is 1. The molecule has 0 spiro atoms. The lowest BCUT2D eigenvalue weighted by molar-refractivity contribution is 0.238. The predicted molar refractivity (Wildman–Crippen MR) is 73.7 cm³/mol. The summed E-state index contributed by atoms with van der Waals surface area (Å²) in [5.41, 5.74) is 1.20. The SMILES string of the molecule is C1=C[C@H]2[C@H]3C[C@@H]([C@H]2C1)[C@H]1N=NN(c2ccccc2)[C@@H]31. The maximum Gasteiger partial charge on any atom is 0.0988 e. The standard InChI is InChI=1S/C16H17N3/c1-2-5-10(6-3-1)19-16-14-9-13(15(16)17-18-19)11-7-4-8-12(11)14/h1-6,8,11-16H,7,9H2/t11-,12+,13-,14+,15+,16-/m0/s1. The van der Waals surface area contributed by atoms with E-state index < -0.39 is 0 Å². The van der Waals surface area contributed by atoms with Crippen molar-refractivity contribution in [2.75, 3.05) is 5.01 Å². The molecule has 0 amide bonds. The third-order valence-corrected chi connectivity index (χ3v) is 5.66. The van der Waals surface area contributed by atoms with Crippen LogP contribution in [0.4, 0.5) is 5.69 Å². The first kappa shape index (κ1) is 10.2. The van der Waals surface area contributed by atoms with Gasteiger partial charge in [0.1, 0.15) is 0 Å². The maximum atomic E-state index is 4.62. The number of fused-ring (bicyclic) bond motifs is 8. The molecule has 1 aromatic rings. The van der Waals surface area contributed by atoms with Gasteiger partial charge in [-0.1, -0.05) is 35.6 Å². The Bertz CT molecular complexity index is 565. The van der Waals surface area contributed by atoms with Crippen molar-refractivity contribution >= 4 is 5.69 Å². The molecule has 1 aliphatic heterocycles. The number of nitrogens with zero attached hydrogens (tertiary/aromatic N) is 3. The van der Waals surface area contributed by atoms with Gasteiger partial charge in [-0.25, -0.2) is 5.01 Å². The molecule has 1 aromatic carbocycles. The Hall–Kier alpha value is -1.64. The lowest BCUT2D eigenvalue weighted by Gasteiger charge is -2.35. The van der Waals surface area contributed by atoms with E-state index in [0.717, 1.165) is 23.7 Å². The first-order valence-electron chi connectivity index (χ1n) is 7.35. The fourth-order valence-electron chi connectivity index (χ4n) is 4.99. The lowest BCUT2D eigenvalue weighted by Crippen LogP contribution is -2.44. The molecule has 96 valence electrons. The van der Waals surface area contributed by atoms with Crippen LogP contribution in [0.25, 0.3) is 0 Å². The number of allylic oxidation sites excluding steroid dienone is 2. The minimum absolute atomic E-state index is 0.450. The van der Waals surface area contributed by atoms with Gasteiger partial charge in [0.25, 0.3) is 0 Å². The maximum absolute atomic E-state index is 4.62. The highest BCUT2D eigenvalue weighted by Crippen LogP contribution is 2.60. The van der Waals surface area contributed by atoms with Gasteiger partial charge >= 0.3 is 0 Å². The normalized spacial score (nSPS) is 44.9. The van der Waals surface area contributed by atoms with Gasteiger partial charge in [0.05, 0.1) is 17.8 Å². The quantitative estimate of drug-likeness (QED) is 0.702. The molecule has 3 heteroatoms. The van der Waals surface area contributed by atoms with Crippen LogP contribution in [0.3, 0.4) is 0 Å². The Morgan fingerprint density at radius 3 is 2.84 bits per heavy atom. The van der Waals surface area contributed by atoms with Crippen molar-refractivity contribution in [3.8, 4) is 0 Å². The Labute approximate surface area is 113 Å². The summed E-state index contributed by atoms with van der Waals surface area (Å²) in [5.74, 6) is 3.18. The molecule has 2 fully saturated rings. The topological polar surface area (TPSA) is 28.0 Å². The van der Waals surface area contributed by atoms with Gasteiger partial charge in [0, 0.05) is 0 Å². The van der Waals surface area contributed by atoms with Crippen molar-refractivity contribution in [1.29, 1.82) is 0 Å². The Morgan fingerprint density at radius 1 is 1.05 bits per heavy atom. The zero-order chi connectivity index (χ0) is 12.4. The number of para-hydroxylation sites is 1. The number of hydrogen-bond donors (Lipinski definition) is 0. The van der Waals surface area contributed by atoms with E-state index in [4.69, 9.17) is 0 Å². The van der Waals surface area contributed by atoms with Gasteiger partial charge in [-0.05, 0) is 48.6 Å². The molecule has 2 bridgehead atoms. The number of hydrogen-bond acceptors (Lipinski definition) is 3. The van der Waals surface area contributed by atoms with E-state index in [1.807, 2.05) is 0 Å². The van der Waals surface area contributed by atoms with Crippen molar-refractivity contribution in [3.63, 3.8) is 0 Å². The van der Waals surface area contributed by atoms with Crippen molar-refractivity contribution in [3.05, 3.63) is 42.5 Å². The molecule has 0 aromatic heterocycles. The van der Waals surface area contributed by atoms with E-state index in [2.05, 4.69) is 57.8 Å². The average Bonchev–Trinajstić information content (AvgIpc) is 3.17. The van der Waals surface area contributed by atoms with E-state index >= 15 is 0 Å². The van der Waals surface area contributed by atoms with Crippen LogP contribution < -0.4 is 5.01 Å². The van der Waals surface area contributed by atoms with Gasteiger partial charge in [-0.15, -0.1) is 0 Å². The van der Waals surface area contributed by atoms with Crippen LogP contribution in [0.1, 0.15) is 12.8 Å². The van der Waals surface area contributed by atoms with Crippen LogP contribution in [0.15, 0.2) is 52.8 Å². The highest BCUT2D eigenvalue weighted by Gasteiger charge is 2.61. The summed E-state index contributed by atoms with van der Waals surface area (Å²) < 4.78 is 0. The van der Waals surface area contributed by atoms with E-state index in [1.54, 1.807) is 0 Å². The molecule has 5 rings (SSSR count). The second-order valence-electron chi connectivity index (χ2n) is 6.33. The minimum atomic E-state index is 0.450. The van der Waals surface area contributed by atoms with E-state index in [1.165, 1.54) is 18.5 Å². The van der Waals surface area contributed by atoms with Crippen LogP contribution in [0, 0.1) is 23.7 Å². The monoisotopic (exact) mass is 251 g/mol. The number of benzene rings is 1. The van der Waals surface area contributed by atoms with Gasteiger partial charge in [-0.2, -0.15) is 5.11 Å². The van der Waals surface area contributed by atoms with Crippen LogP contribution in [0.5, 0.6) is 0 Å². The first-order valence-corrected chi connectivity index (χ1v) is 7.35. The van der Waals surface area contributed by atoms with Crippen LogP contribution in [-0.2, 0) is 0 Å². The molecule has 4 aliphatic rings. The molecule has 6 atom stereocenters. The zero-order valence-electron chi connectivity index (χ0n) is 10.8. The summed E-state index contributed by atoms with van der Waals surface area (Å²) in [7, 11) is 0. The molecule has 2 saturated carbocycles. The fourth-order valence-corrected chi connectivity index (χ4v) is 4.99. The third-order valence-electron chi connectivity index (χ3n) is 5.66. The van der Waals surface area contributed by atoms with Gasteiger partial charge < -0.3 is 0 Å². The zero-order valence-corrected chi connectivity index (χ0v) is 10.8. The van der Waals surface area contributed by atoms with Crippen molar-refractivity contribution in [1.82, 2.24) is 0 Å². The Morgan fingerprint density at radius 2 is 1.95 bits per heavy atom. The van der Waals surface area contributed by atoms with Crippen molar-refractivity contribution < 1.29 is 0 Å². The second kappa shape index (κ2) is 3.47. The molecule has 3 nitrogen and oxygen atoms in total. The third kappa shape index (κ3) is 1.18. The summed E-state index contributed by atoms with van der Waals surface area (Å²) in [6.45, 7) is 0. The summed E-state index contributed by atoms with van der Waals surface area (Å²) in [4.78, 5) is 0. The second-order valence-corrected chi connectivity index (χ2v) is 6.33. The smallest absolute Gasteiger partial charge is 0.0988 e. The molecular weight excluding hydrogens is 234 g/mol. The highest BCUT2D eigenvalue weighted by molar-refractivity contribution is 5.48. The fraction of sp³-hybridized carbons (Fsp3) is 0.500. The largest absolute Gasteiger partial charge is 0.242 e. The van der Waals surface area contributed by atoms with Gasteiger partial charge in [0.2, 0.25) is 0 Å². The lowest BCUT2D eigenvalue weighted by atomic mass is 9.76.